The quantitative estimate of drug-likeness (QED) is 0.472. The molecular formula is C23H24N6OS2. The van der Waals surface area contributed by atoms with Gasteiger partial charge in [0.25, 0.3) is 0 Å². The summed E-state index contributed by atoms with van der Waals surface area (Å²) in [6.07, 6.45) is 6.81. The van der Waals surface area contributed by atoms with Gasteiger partial charge in [-0.25, -0.2) is 15.0 Å². The van der Waals surface area contributed by atoms with Crippen LogP contribution in [0.4, 0.5) is 5.82 Å². The van der Waals surface area contributed by atoms with E-state index < -0.39 is 0 Å². The molecule has 0 saturated carbocycles. The fourth-order valence-corrected chi connectivity index (χ4v) is 5.85. The number of thiophene rings is 1. The van der Waals surface area contributed by atoms with E-state index >= 15 is 0 Å². The maximum Gasteiger partial charge on any atom is 0.223 e. The molecule has 0 spiro atoms. The van der Waals surface area contributed by atoms with Crippen molar-refractivity contribution < 1.29 is 4.79 Å². The van der Waals surface area contributed by atoms with E-state index in [-0.39, 0.29) is 11.8 Å². The highest BCUT2D eigenvalue weighted by Gasteiger charge is 2.27. The topological polar surface area (TPSA) is 83.9 Å². The molecule has 0 atom stereocenters. The first-order chi connectivity index (χ1) is 15.6. The molecule has 9 heteroatoms. The smallest absolute Gasteiger partial charge is 0.223 e. The average molecular weight is 465 g/mol. The Hall–Kier alpha value is -2.91. The number of amides is 1. The number of fused-ring (bicyclic) bond motifs is 1. The molecule has 164 valence electrons. The lowest BCUT2D eigenvalue weighted by Gasteiger charge is -2.32. The van der Waals surface area contributed by atoms with E-state index in [0.29, 0.717) is 6.54 Å². The monoisotopic (exact) mass is 464 g/mol. The van der Waals surface area contributed by atoms with E-state index in [0.717, 1.165) is 58.2 Å². The Balaban J connectivity index is 1.18. The van der Waals surface area contributed by atoms with Crippen LogP contribution in [0.2, 0.25) is 0 Å². The fourth-order valence-electron chi connectivity index (χ4n) is 4.11. The van der Waals surface area contributed by atoms with E-state index in [9.17, 15) is 4.79 Å². The molecule has 0 aromatic carbocycles. The predicted octanol–water partition coefficient (Wildman–Crippen LogP) is 4.36. The molecule has 1 fully saturated rings. The largest absolute Gasteiger partial charge is 0.356 e. The second kappa shape index (κ2) is 8.91. The first-order valence-electron chi connectivity index (χ1n) is 10.7. The summed E-state index contributed by atoms with van der Waals surface area (Å²) in [5.41, 5.74) is 3.22. The summed E-state index contributed by atoms with van der Waals surface area (Å²) >= 11 is 3.28. The van der Waals surface area contributed by atoms with Crippen molar-refractivity contribution in [3.63, 3.8) is 0 Å². The molecule has 5 heterocycles. The van der Waals surface area contributed by atoms with Crippen molar-refractivity contribution in [1.82, 2.24) is 25.3 Å². The van der Waals surface area contributed by atoms with Gasteiger partial charge in [0.2, 0.25) is 5.91 Å². The third-order valence-electron chi connectivity index (χ3n) is 6.05. The molecular weight excluding hydrogens is 440 g/mol. The van der Waals surface area contributed by atoms with Crippen LogP contribution in [0.15, 0.2) is 36.2 Å². The molecule has 1 amide bonds. The van der Waals surface area contributed by atoms with E-state index in [1.807, 2.05) is 17.5 Å². The number of piperidine rings is 1. The molecule has 0 bridgehead atoms. The zero-order valence-corrected chi connectivity index (χ0v) is 19.7. The minimum Gasteiger partial charge on any atom is -0.356 e. The van der Waals surface area contributed by atoms with E-state index in [1.54, 1.807) is 41.4 Å². The van der Waals surface area contributed by atoms with Crippen LogP contribution in [0, 0.1) is 19.8 Å². The lowest BCUT2D eigenvalue weighted by Crippen LogP contribution is -2.40. The number of nitrogens with one attached hydrogen (secondary N) is 1. The van der Waals surface area contributed by atoms with Crippen LogP contribution in [0.1, 0.15) is 28.3 Å². The van der Waals surface area contributed by atoms with E-state index in [4.69, 9.17) is 0 Å². The van der Waals surface area contributed by atoms with Crippen molar-refractivity contribution in [2.75, 3.05) is 18.0 Å². The lowest BCUT2D eigenvalue weighted by atomic mass is 9.95. The van der Waals surface area contributed by atoms with Gasteiger partial charge in [0, 0.05) is 47.2 Å². The Morgan fingerprint density at radius 1 is 1.19 bits per heavy atom. The predicted molar refractivity (Wildman–Crippen MR) is 129 cm³/mol. The normalized spacial score (nSPS) is 14.8. The number of aryl methyl sites for hydroxylation is 2. The lowest BCUT2D eigenvalue weighted by molar-refractivity contribution is -0.125. The number of carbonyl (C=O) groups is 1. The maximum atomic E-state index is 12.8. The van der Waals surface area contributed by atoms with Crippen LogP contribution in [0.3, 0.4) is 0 Å². The number of carbonyl (C=O) groups excluding carboxylic acids is 1. The Bertz CT molecular complexity index is 1240. The summed E-state index contributed by atoms with van der Waals surface area (Å²) in [6.45, 7) is 6.38. The molecule has 0 radical (unpaired) electrons. The zero-order valence-electron chi connectivity index (χ0n) is 18.0. The van der Waals surface area contributed by atoms with Gasteiger partial charge in [-0.1, -0.05) is 0 Å². The van der Waals surface area contributed by atoms with Gasteiger partial charge in [0.1, 0.15) is 22.0 Å². The number of thiazole rings is 1. The third-order valence-corrected chi connectivity index (χ3v) is 8.02. The number of nitrogens with zero attached hydrogens (tertiary/aromatic N) is 5. The minimum atomic E-state index is 0.0218. The van der Waals surface area contributed by atoms with Gasteiger partial charge in [-0.05, 0) is 44.4 Å². The Morgan fingerprint density at radius 2 is 1.97 bits per heavy atom. The summed E-state index contributed by atoms with van der Waals surface area (Å²) in [5, 5.41) is 7.17. The number of pyridine rings is 1. The number of anilines is 1. The second-order valence-electron chi connectivity index (χ2n) is 8.00. The molecule has 5 rings (SSSR count). The first-order valence-corrected chi connectivity index (χ1v) is 12.4. The fraction of sp³-hybridized carbons (Fsp3) is 0.348. The van der Waals surface area contributed by atoms with Gasteiger partial charge in [-0.15, -0.1) is 22.7 Å². The van der Waals surface area contributed by atoms with Crippen molar-refractivity contribution >= 4 is 44.6 Å². The van der Waals surface area contributed by atoms with Crippen LogP contribution < -0.4 is 10.2 Å². The summed E-state index contributed by atoms with van der Waals surface area (Å²) in [5.74, 6) is 1.14. The summed E-state index contributed by atoms with van der Waals surface area (Å²) < 4.78 is 0. The highest BCUT2D eigenvalue weighted by atomic mass is 32.1. The van der Waals surface area contributed by atoms with Crippen LogP contribution in [0.5, 0.6) is 0 Å². The van der Waals surface area contributed by atoms with Gasteiger partial charge >= 0.3 is 0 Å². The van der Waals surface area contributed by atoms with Gasteiger partial charge in [0.15, 0.2) is 0 Å². The molecule has 4 aromatic rings. The molecule has 4 aromatic heterocycles. The molecule has 1 aliphatic rings. The molecule has 0 unspecified atom stereocenters. The summed E-state index contributed by atoms with van der Waals surface area (Å²) in [6, 6.07) is 3.88. The Kier molecular flexibility index (Phi) is 5.84. The maximum absolute atomic E-state index is 12.8. The minimum absolute atomic E-state index is 0.0218. The van der Waals surface area contributed by atoms with Gasteiger partial charge in [-0.3, -0.25) is 9.78 Å². The van der Waals surface area contributed by atoms with E-state index in [2.05, 4.69) is 44.0 Å². The number of hydrogen-bond donors (Lipinski definition) is 1. The molecule has 1 saturated heterocycles. The Labute approximate surface area is 194 Å². The molecule has 0 aliphatic carbocycles. The highest BCUT2D eigenvalue weighted by molar-refractivity contribution is 7.18. The molecule has 32 heavy (non-hydrogen) atoms. The molecule has 7 nitrogen and oxygen atoms in total. The number of hydrogen-bond acceptors (Lipinski definition) is 8. The van der Waals surface area contributed by atoms with Crippen molar-refractivity contribution in [2.45, 2.75) is 33.2 Å². The average Bonchev–Trinajstić information content (AvgIpc) is 3.42. The summed E-state index contributed by atoms with van der Waals surface area (Å²) in [7, 11) is 0. The van der Waals surface area contributed by atoms with Crippen LogP contribution in [-0.4, -0.2) is 38.9 Å². The van der Waals surface area contributed by atoms with Crippen LogP contribution in [-0.2, 0) is 11.3 Å². The standard InChI is InChI=1S/C23H24N6OS2/c1-14-15(2)32-23-20(14)21(26-13-27-23)29-9-5-17(6-10-29)22(30)25-11-19-28-18(12-31-19)16-3-7-24-8-4-16/h3-4,7-8,12-13,17H,5-6,9-11H2,1-2H3,(H,25,30). The Morgan fingerprint density at radius 3 is 2.75 bits per heavy atom. The van der Waals surface area contributed by atoms with Crippen molar-refractivity contribution in [1.29, 1.82) is 0 Å². The van der Waals surface area contributed by atoms with E-state index in [1.165, 1.54) is 10.4 Å². The molecule has 1 N–H and O–H groups in total. The molecule has 1 aliphatic heterocycles. The highest BCUT2D eigenvalue weighted by Crippen LogP contribution is 2.35. The van der Waals surface area contributed by atoms with Crippen molar-refractivity contribution in [3.8, 4) is 11.3 Å². The number of aromatic nitrogens is 4. The van der Waals surface area contributed by atoms with Gasteiger partial charge in [0.05, 0.1) is 17.6 Å². The zero-order chi connectivity index (χ0) is 22.1. The van der Waals surface area contributed by atoms with Crippen molar-refractivity contribution in [3.05, 3.63) is 51.7 Å². The van der Waals surface area contributed by atoms with Crippen LogP contribution in [0.25, 0.3) is 21.5 Å². The van der Waals surface area contributed by atoms with Crippen LogP contribution >= 0.6 is 22.7 Å². The van der Waals surface area contributed by atoms with Gasteiger partial charge < -0.3 is 10.2 Å². The second-order valence-corrected chi connectivity index (χ2v) is 10.1. The SMILES string of the molecule is Cc1sc2ncnc(N3CCC(C(=O)NCc4nc(-c5ccncc5)cs4)CC3)c2c1C. The number of rotatable bonds is 5. The van der Waals surface area contributed by atoms with Crippen molar-refractivity contribution in [2.24, 2.45) is 5.92 Å². The summed E-state index contributed by atoms with van der Waals surface area (Å²) in [4.78, 5) is 35.1. The van der Waals surface area contributed by atoms with Gasteiger partial charge in [-0.2, -0.15) is 0 Å². The first kappa shape index (κ1) is 21.0. The third kappa shape index (κ3) is 4.10.